The van der Waals surface area contributed by atoms with Crippen LogP contribution in [0, 0.1) is 6.92 Å². The molecule has 1 nitrogen and oxygen atoms in total. The van der Waals surface area contributed by atoms with Crippen molar-refractivity contribution < 1.29 is 0 Å². The van der Waals surface area contributed by atoms with Crippen LogP contribution < -0.4 is 0 Å². The van der Waals surface area contributed by atoms with Gasteiger partial charge in [0.15, 0.2) is 0 Å². The molecule has 174 valence electrons. The van der Waals surface area contributed by atoms with Gasteiger partial charge in [0.25, 0.3) is 0 Å². The lowest BCUT2D eigenvalue weighted by Crippen LogP contribution is -1.91. The van der Waals surface area contributed by atoms with Gasteiger partial charge in [0, 0.05) is 18.0 Å². The maximum absolute atomic E-state index is 4.29. The van der Waals surface area contributed by atoms with Crippen molar-refractivity contribution in [3.63, 3.8) is 0 Å². The van der Waals surface area contributed by atoms with Crippen LogP contribution in [0.4, 0.5) is 0 Å². The van der Waals surface area contributed by atoms with Crippen molar-refractivity contribution in [3.8, 4) is 33.4 Å². The van der Waals surface area contributed by atoms with Gasteiger partial charge in [-0.3, -0.25) is 4.98 Å². The van der Waals surface area contributed by atoms with Crippen LogP contribution in [-0.4, -0.2) is 4.98 Å². The van der Waals surface area contributed by atoms with E-state index in [1.807, 2.05) is 18.5 Å². The molecule has 0 N–H and O–H groups in total. The standard InChI is InChI=1S/C36H25N/c1-24-12-14-25(15-13-24)35-31-8-2-4-10-33(31)36(34-11-5-3-9-32(34)35)29-19-18-26-21-28(17-16-27(26)22-29)30-7-6-20-37-23-30/h2-23H,1H3. The fraction of sp³-hybridized carbons (Fsp3) is 0.0278. The number of benzene rings is 6. The summed E-state index contributed by atoms with van der Waals surface area (Å²) in [5.41, 5.74) is 8.69. The van der Waals surface area contributed by atoms with E-state index in [0.717, 1.165) is 5.56 Å². The van der Waals surface area contributed by atoms with E-state index >= 15 is 0 Å². The number of hydrogen-bond donors (Lipinski definition) is 0. The molecule has 0 bridgehead atoms. The summed E-state index contributed by atoms with van der Waals surface area (Å²) in [6.07, 6.45) is 3.74. The second kappa shape index (κ2) is 8.72. The highest BCUT2D eigenvalue weighted by Gasteiger charge is 2.16. The van der Waals surface area contributed by atoms with E-state index < -0.39 is 0 Å². The summed E-state index contributed by atoms with van der Waals surface area (Å²) in [6.45, 7) is 2.14. The van der Waals surface area contributed by atoms with Crippen LogP contribution in [0.3, 0.4) is 0 Å². The summed E-state index contributed by atoms with van der Waals surface area (Å²) in [4.78, 5) is 4.29. The van der Waals surface area contributed by atoms with Crippen LogP contribution in [0.2, 0.25) is 0 Å². The van der Waals surface area contributed by atoms with Crippen molar-refractivity contribution >= 4 is 32.3 Å². The molecule has 0 radical (unpaired) electrons. The third kappa shape index (κ3) is 3.68. The molecule has 37 heavy (non-hydrogen) atoms. The molecule has 6 aromatic carbocycles. The Morgan fingerprint density at radius 1 is 0.432 bits per heavy atom. The normalized spacial score (nSPS) is 11.4. The molecule has 0 unspecified atom stereocenters. The maximum Gasteiger partial charge on any atom is 0.0346 e. The Morgan fingerprint density at radius 3 is 1.51 bits per heavy atom. The average molecular weight is 472 g/mol. The first kappa shape index (κ1) is 21.5. The number of pyridine rings is 1. The quantitative estimate of drug-likeness (QED) is 0.234. The van der Waals surface area contributed by atoms with E-state index in [2.05, 4.69) is 127 Å². The van der Waals surface area contributed by atoms with Crippen molar-refractivity contribution in [2.45, 2.75) is 6.92 Å². The molecule has 0 spiro atoms. The van der Waals surface area contributed by atoms with Gasteiger partial charge in [0.2, 0.25) is 0 Å². The zero-order valence-electron chi connectivity index (χ0n) is 20.6. The van der Waals surface area contributed by atoms with E-state index in [-0.39, 0.29) is 0 Å². The molecule has 0 atom stereocenters. The fourth-order valence-corrected chi connectivity index (χ4v) is 5.58. The molecule has 1 heterocycles. The molecular weight excluding hydrogens is 446 g/mol. The Labute approximate surface area is 216 Å². The predicted molar refractivity (Wildman–Crippen MR) is 158 cm³/mol. The minimum atomic E-state index is 1.14. The Kier molecular flexibility index (Phi) is 5.08. The van der Waals surface area contributed by atoms with Gasteiger partial charge in [0.1, 0.15) is 0 Å². The summed E-state index contributed by atoms with van der Waals surface area (Å²) >= 11 is 0. The Hall–Kier alpha value is -4.75. The predicted octanol–water partition coefficient (Wildman–Crippen LogP) is 9.85. The van der Waals surface area contributed by atoms with Gasteiger partial charge in [-0.2, -0.15) is 0 Å². The van der Waals surface area contributed by atoms with Gasteiger partial charge >= 0.3 is 0 Å². The molecule has 1 aromatic heterocycles. The third-order valence-electron chi connectivity index (χ3n) is 7.40. The van der Waals surface area contributed by atoms with E-state index in [9.17, 15) is 0 Å². The van der Waals surface area contributed by atoms with E-state index in [1.165, 1.54) is 65.7 Å². The Balaban J connectivity index is 1.48. The van der Waals surface area contributed by atoms with Gasteiger partial charge < -0.3 is 0 Å². The first-order chi connectivity index (χ1) is 18.3. The van der Waals surface area contributed by atoms with E-state index in [1.54, 1.807) is 0 Å². The molecule has 0 saturated carbocycles. The minimum Gasteiger partial charge on any atom is -0.264 e. The molecule has 7 rings (SSSR count). The lowest BCUT2D eigenvalue weighted by Gasteiger charge is -2.18. The van der Waals surface area contributed by atoms with Crippen LogP contribution in [0.5, 0.6) is 0 Å². The molecule has 0 amide bonds. The molecule has 1 heteroatoms. The molecule has 0 fully saturated rings. The van der Waals surface area contributed by atoms with E-state index in [0.29, 0.717) is 0 Å². The van der Waals surface area contributed by atoms with E-state index in [4.69, 9.17) is 0 Å². The second-order valence-corrected chi connectivity index (χ2v) is 9.73. The molecular formula is C36H25N. The Morgan fingerprint density at radius 2 is 0.946 bits per heavy atom. The largest absolute Gasteiger partial charge is 0.264 e. The average Bonchev–Trinajstić information content (AvgIpc) is 2.96. The Bertz CT molecular complexity index is 1860. The second-order valence-electron chi connectivity index (χ2n) is 9.73. The summed E-state index contributed by atoms with van der Waals surface area (Å²) in [5, 5.41) is 7.60. The van der Waals surface area contributed by atoms with Crippen molar-refractivity contribution in [1.82, 2.24) is 4.98 Å². The molecule has 7 aromatic rings. The SMILES string of the molecule is Cc1ccc(-c2c3ccccc3c(-c3ccc4cc(-c5cccnc5)ccc4c3)c3ccccc23)cc1. The van der Waals surface area contributed by atoms with Crippen LogP contribution in [0.15, 0.2) is 134 Å². The molecule has 0 aliphatic heterocycles. The van der Waals surface area contributed by atoms with Gasteiger partial charge in [-0.15, -0.1) is 0 Å². The summed E-state index contributed by atoms with van der Waals surface area (Å²) < 4.78 is 0. The molecule has 0 aliphatic rings. The van der Waals surface area contributed by atoms with Crippen LogP contribution >= 0.6 is 0 Å². The van der Waals surface area contributed by atoms with Crippen LogP contribution in [0.1, 0.15) is 5.56 Å². The number of aromatic nitrogens is 1. The van der Waals surface area contributed by atoms with Gasteiger partial charge in [0.05, 0.1) is 0 Å². The number of fused-ring (bicyclic) bond motifs is 3. The van der Waals surface area contributed by atoms with Gasteiger partial charge in [-0.1, -0.05) is 109 Å². The first-order valence-electron chi connectivity index (χ1n) is 12.7. The van der Waals surface area contributed by atoms with Crippen molar-refractivity contribution in [2.24, 2.45) is 0 Å². The molecule has 0 saturated heterocycles. The number of nitrogens with zero attached hydrogens (tertiary/aromatic N) is 1. The maximum atomic E-state index is 4.29. The lowest BCUT2D eigenvalue weighted by atomic mass is 9.85. The topological polar surface area (TPSA) is 12.9 Å². The molecule has 0 aliphatic carbocycles. The summed E-state index contributed by atoms with van der Waals surface area (Å²) in [6, 6.07) is 44.2. The fourth-order valence-electron chi connectivity index (χ4n) is 5.58. The van der Waals surface area contributed by atoms with Crippen LogP contribution in [-0.2, 0) is 0 Å². The number of aryl methyl sites for hydroxylation is 1. The highest BCUT2D eigenvalue weighted by atomic mass is 14.6. The first-order valence-corrected chi connectivity index (χ1v) is 12.7. The number of hydrogen-bond acceptors (Lipinski definition) is 1. The van der Waals surface area contributed by atoms with Crippen molar-refractivity contribution in [2.75, 3.05) is 0 Å². The number of rotatable bonds is 3. The minimum absolute atomic E-state index is 1.14. The van der Waals surface area contributed by atoms with Crippen molar-refractivity contribution in [3.05, 3.63) is 139 Å². The highest BCUT2D eigenvalue weighted by Crippen LogP contribution is 2.44. The van der Waals surface area contributed by atoms with Gasteiger partial charge in [-0.05, 0) is 85.3 Å². The zero-order chi connectivity index (χ0) is 24.8. The zero-order valence-corrected chi connectivity index (χ0v) is 20.6. The van der Waals surface area contributed by atoms with Crippen molar-refractivity contribution in [1.29, 1.82) is 0 Å². The van der Waals surface area contributed by atoms with Gasteiger partial charge in [-0.25, -0.2) is 0 Å². The highest BCUT2D eigenvalue weighted by molar-refractivity contribution is 6.21. The monoisotopic (exact) mass is 471 g/mol. The van der Waals surface area contributed by atoms with Crippen LogP contribution in [0.25, 0.3) is 65.7 Å². The smallest absolute Gasteiger partial charge is 0.0346 e. The third-order valence-corrected chi connectivity index (χ3v) is 7.40. The lowest BCUT2D eigenvalue weighted by molar-refractivity contribution is 1.33. The summed E-state index contributed by atoms with van der Waals surface area (Å²) in [5.74, 6) is 0. The summed E-state index contributed by atoms with van der Waals surface area (Å²) in [7, 11) is 0.